The molecule has 0 rings (SSSR count). The van der Waals surface area contributed by atoms with Gasteiger partial charge in [0.1, 0.15) is 0 Å². The zero-order valence-corrected chi connectivity index (χ0v) is 53.8. The van der Waals surface area contributed by atoms with Crippen molar-refractivity contribution in [3.63, 3.8) is 0 Å². The van der Waals surface area contributed by atoms with E-state index < -0.39 is 12.1 Å². The molecule has 6 nitrogen and oxygen atoms in total. The zero-order valence-electron chi connectivity index (χ0n) is 53.8. The minimum Gasteiger partial charge on any atom is -0.466 e. The quantitative estimate of drug-likeness (QED) is 0.0320. The highest BCUT2D eigenvalue weighted by atomic mass is 16.5. The monoisotopic (exact) mass is 1120 g/mol. The molecule has 0 aromatic heterocycles. The number of nitrogens with one attached hydrogen (secondary N) is 1. The van der Waals surface area contributed by atoms with Crippen LogP contribution in [0.4, 0.5) is 0 Å². The number of aliphatic hydroxyl groups excluding tert-OH is 2. The van der Waals surface area contributed by atoms with Crippen molar-refractivity contribution in [2.45, 2.75) is 398 Å². The standard InChI is InChI=1S/C74H139NO5/c1-3-5-7-9-11-13-15-17-19-20-21-22-30-33-36-39-42-46-50-54-58-62-66-72(77)71(70-76)75-73(78)67-63-59-55-51-47-43-40-37-34-31-28-26-24-23-25-27-29-32-35-38-41-45-49-53-57-61-65-69-80-74(79)68-64-60-56-52-48-44-18-16-14-12-10-8-6-4-2/h16,18,23-24,27,29,62,66,71-72,76-77H,3-15,17,19-22,25-26,28,30-61,63-65,67-70H2,1-2H3,(H,75,78)/b18-16-,24-23-,29-27-,66-62+. The van der Waals surface area contributed by atoms with Gasteiger partial charge in [-0.1, -0.05) is 332 Å². The number of unbranched alkanes of at least 4 members (excludes halogenated alkanes) is 50. The van der Waals surface area contributed by atoms with Gasteiger partial charge in [-0.25, -0.2) is 0 Å². The molecule has 0 saturated heterocycles. The van der Waals surface area contributed by atoms with Gasteiger partial charge in [0.05, 0.1) is 25.4 Å². The van der Waals surface area contributed by atoms with Crippen molar-refractivity contribution >= 4 is 11.9 Å². The summed E-state index contributed by atoms with van der Waals surface area (Å²) in [6, 6.07) is -0.632. The van der Waals surface area contributed by atoms with Gasteiger partial charge in [-0.05, 0) is 89.9 Å². The van der Waals surface area contributed by atoms with Gasteiger partial charge in [0.25, 0.3) is 0 Å². The van der Waals surface area contributed by atoms with Crippen molar-refractivity contribution in [1.82, 2.24) is 5.32 Å². The van der Waals surface area contributed by atoms with Crippen LogP contribution in [-0.4, -0.2) is 47.4 Å². The maximum absolute atomic E-state index is 12.5. The predicted molar refractivity (Wildman–Crippen MR) is 352 cm³/mol. The highest BCUT2D eigenvalue weighted by Gasteiger charge is 2.18. The fourth-order valence-corrected chi connectivity index (χ4v) is 11.1. The van der Waals surface area contributed by atoms with Crippen LogP contribution in [0.2, 0.25) is 0 Å². The number of allylic oxidation sites excluding steroid dienone is 7. The minimum atomic E-state index is -0.849. The number of aliphatic hydroxyl groups is 2. The molecule has 0 radical (unpaired) electrons. The number of carbonyl (C=O) groups is 2. The van der Waals surface area contributed by atoms with Gasteiger partial charge in [-0.15, -0.1) is 0 Å². The summed E-state index contributed by atoms with van der Waals surface area (Å²) in [6.45, 7) is 4.92. The molecule has 2 unspecified atom stereocenters. The average molecular weight is 1120 g/mol. The van der Waals surface area contributed by atoms with Crippen molar-refractivity contribution in [3.8, 4) is 0 Å². The Labute approximate surface area is 499 Å². The fraction of sp³-hybridized carbons (Fsp3) is 0.865. The molecule has 0 spiro atoms. The van der Waals surface area contributed by atoms with Crippen molar-refractivity contribution in [1.29, 1.82) is 0 Å². The van der Waals surface area contributed by atoms with Gasteiger partial charge in [-0.3, -0.25) is 9.59 Å². The average Bonchev–Trinajstić information content (AvgIpc) is 3.46. The third-order valence-corrected chi connectivity index (χ3v) is 16.6. The Kier molecular flexibility index (Phi) is 67.4. The van der Waals surface area contributed by atoms with Crippen LogP contribution in [0.25, 0.3) is 0 Å². The Morgan fingerprint density at radius 3 is 0.963 bits per heavy atom. The lowest BCUT2D eigenvalue weighted by Crippen LogP contribution is -2.45. The summed E-state index contributed by atoms with van der Waals surface area (Å²) >= 11 is 0. The van der Waals surface area contributed by atoms with Crippen LogP contribution in [-0.2, 0) is 14.3 Å². The third-order valence-electron chi connectivity index (χ3n) is 16.6. The molecule has 80 heavy (non-hydrogen) atoms. The molecule has 0 aliphatic heterocycles. The van der Waals surface area contributed by atoms with Gasteiger partial charge in [0.15, 0.2) is 0 Å². The Morgan fingerprint density at radius 2 is 0.625 bits per heavy atom. The van der Waals surface area contributed by atoms with Gasteiger partial charge in [0, 0.05) is 12.8 Å². The van der Waals surface area contributed by atoms with Gasteiger partial charge < -0.3 is 20.3 Å². The van der Waals surface area contributed by atoms with Crippen molar-refractivity contribution < 1.29 is 24.5 Å². The van der Waals surface area contributed by atoms with E-state index in [9.17, 15) is 19.8 Å². The first-order valence-corrected chi connectivity index (χ1v) is 35.9. The van der Waals surface area contributed by atoms with E-state index in [4.69, 9.17) is 4.74 Å². The topological polar surface area (TPSA) is 95.9 Å². The molecule has 1 amide bonds. The molecule has 0 bridgehead atoms. The number of carbonyl (C=O) groups excluding carboxylic acids is 2. The predicted octanol–water partition coefficient (Wildman–Crippen LogP) is 23.3. The summed E-state index contributed by atoms with van der Waals surface area (Å²) in [7, 11) is 0. The molecule has 0 aromatic rings. The van der Waals surface area contributed by atoms with Crippen molar-refractivity contribution in [2.75, 3.05) is 13.2 Å². The Morgan fingerprint density at radius 1 is 0.350 bits per heavy atom. The number of ether oxygens (including phenoxy) is 1. The first-order chi connectivity index (χ1) is 39.5. The maximum Gasteiger partial charge on any atom is 0.305 e. The highest BCUT2D eigenvalue weighted by Crippen LogP contribution is 2.18. The van der Waals surface area contributed by atoms with E-state index in [-0.39, 0.29) is 18.5 Å². The first kappa shape index (κ1) is 77.8. The zero-order chi connectivity index (χ0) is 57.8. The van der Waals surface area contributed by atoms with E-state index in [0.717, 1.165) is 51.4 Å². The number of amides is 1. The van der Waals surface area contributed by atoms with E-state index in [1.165, 1.54) is 308 Å². The SMILES string of the molecule is CCCCCCC/C=C\CCCCCCCC(=O)OCCCCCCCCCCC/C=C\C/C=C\CCCCCCCCCCCCCC(=O)NC(CO)C(O)/C=C/CCCCCCCCCCCCCCCCCCCCCC. The van der Waals surface area contributed by atoms with Crippen molar-refractivity contribution in [3.05, 3.63) is 48.6 Å². The van der Waals surface area contributed by atoms with Gasteiger partial charge in [-0.2, -0.15) is 0 Å². The molecule has 0 aromatic carbocycles. The number of rotatable bonds is 67. The van der Waals surface area contributed by atoms with Crippen molar-refractivity contribution in [2.24, 2.45) is 0 Å². The molecule has 0 saturated carbocycles. The summed E-state index contributed by atoms with van der Waals surface area (Å²) in [5.74, 6) is -0.0660. The second-order valence-electron chi connectivity index (χ2n) is 24.6. The second kappa shape index (κ2) is 69.3. The summed E-state index contributed by atoms with van der Waals surface area (Å²) < 4.78 is 5.48. The van der Waals surface area contributed by atoms with E-state index in [1.807, 2.05) is 6.08 Å². The van der Waals surface area contributed by atoms with Gasteiger partial charge >= 0.3 is 5.97 Å². The largest absolute Gasteiger partial charge is 0.466 e. The summed E-state index contributed by atoms with van der Waals surface area (Å²) in [4.78, 5) is 24.6. The molecule has 0 heterocycles. The smallest absolute Gasteiger partial charge is 0.305 e. The molecule has 0 aliphatic rings. The minimum absolute atomic E-state index is 0.00190. The first-order valence-electron chi connectivity index (χ1n) is 35.9. The molecule has 470 valence electrons. The van der Waals surface area contributed by atoms with E-state index >= 15 is 0 Å². The maximum atomic E-state index is 12.5. The highest BCUT2D eigenvalue weighted by molar-refractivity contribution is 5.76. The molecule has 6 heteroatoms. The Bertz CT molecular complexity index is 1340. The van der Waals surface area contributed by atoms with Gasteiger partial charge in [0.2, 0.25) is 5.91 Å². The molecule has 2 atom stereocenters. The molecule has 0 fully saturated rings. The number of hydrogen-bond donors (Lipinski definition) is 3. The number of hydrogen-bond acceptors (Lipinski definition) is 5. The van der Waals surface area contributed by atoms with Crippen LogP contribution in [0, 0.1) is 0 Å². The Balaban J connectivity index is 3.45. The summed E-state index contributed by atoms with van der Waals surface area (Å²) in [6.07, 6.45) is 90.5. The number of esters is 1. The second-order valence-corrected chi connectivity index (χ2v) is 24.6. The van der Waals surface area contributed by atoms with Crippen LogP contribution in [0.5, 0.6) is 0 Å². The van der Waals surface area contributed by atoms with E-state index in [0.29, 0.717) is 19.4 Å². The van der Waals surface area contributed by atoms with Crippen LogP contribution in [0.3, 0.4) is 0 Å². The lowest BCUT2D eigenvalue weighted by atomic mass is 10.0. The summed E-state index contributed by atoms with van der Waals surface area (Å²) in [5, 5.41) is 23.3. The Hall–Kier alpha value is -2.18. The molecular formula is C74H139NO5. The molecule has 0 aliphatic carbocycles. The lowest BCUT2D eigenvalue weighted by Gasteiger charge is -2.20. The lowest BCUT2D eigenvalue weighted by molar-refractivity contribution is -0.143. The summed E-state index contributed by atoms with van der Waals surface area (Å²) in [5.41, 5.74) is 0. The third kappa shape index (κ3) is 65.0. The van der Waals surface area contributed by atoms with Crippen LogP contribution in [0.15, 0.2) is 48.6 Å². The normalized spacial score (nSPS) is 12.8. The molecule has 3 N–H and O–H groups in total. The fourth-order valence-electron chi connectivity index (χ4n) is 11.1. The van der Waals surface area contributed by atoms with Crippen LogP contribution in [0.1, 0.15) is 386 Å². The molecular weight excluding hydrogens is 983 g/mol. The van der Waals surface area contributed by atoms with Crippen LogP contribution >= 0.6 is 0 Å². The van der Waals surface area contributed by atoms with Crippen LogP contribution < -0.4 is 5.32 Å². The van der Waals surface area contributed by atoms with E-state index in [1.54, 1.807) is 6.08 Å². The van der Waals surface area contributed by atoms with E-state index in [2.05, 4.69) is 55.6 Å².